The molecule has 1 aliphatic rings. The predicted molar refractivity (Wildman–Crippen MR) is 79.3 cm³/mol. The first kappa shape index (κ1) is 11.8. The van der Waals surface area contributed by atoms with Crippen LogP contribution < -0.4 is 5.32 Å². The fraction of sp³-hybridized carbons (Fsp3) is 0.111. The highest BCUT2D eigenvalue weighted by molar-refractivity contribution is 5.75. The minimum Gasteiger partial charge on any atom is -0.373 e. The van der Waals surface area contributed by atoms with Crippen LogP contribution in [0.3, 0.4) is 0 Å². The van der Waals surface area contributed by atoms with Crippen LogP contribution in [0.15, 0.2) is 66.7 Å². The molecule has 0 saturated heterocycles. The van der Waals surface area contributed by atoms with Crippen molar-refractivity contribution >= 4 is 5.57 Å². The van der Waals surface area contributed by atoms with Crippen LogP contribution in [0, 0.1) is 13.1 Å². The second-order valence-corrected chi connectivity index (χ2v) is 4.81. The first-order valence-corrected chi connectivity index (χ1v) is 6.51. The number of benzene rings is 2. The summed E-state index contributed by atoms with van der Waals surface area (Å²) in [5.41, 5.74) is 4.99. The fourth-order valence-electron chi connectivity index (χ4n) is 2.24. The molecule has 19 heavy (non-hydrogen) atoms. The van der Waals surface area contributed by atoms with E-state index in [4.69, 9.17) is 0 Å². The Morgan fingerprint density at radius 1 is 0.947 bits per heavy atom. The number of allylic oxidation sites excluding steroid dienone is 2. The van der Waals surface area contributed by atoms with E-state index in [0.29, 0.717) is 0 Å². The molecule has 1 atom stereocenters. The third-order valence-corrected chi connectivity index (χ3v) is 3.36. The molecular formula is C18H16N. The van der Waals surface area contributed by atoms with E-state index in [0.717, 1.165) is 0 Å². The Kier molecular flexibility index (Phi) is 3.20. The van der Waals surface area contributed by atoms with E-state index in [-0.39, 0.29) is 6.04 Å². The van der Waals surface area contributed by atoms with Crippen molar-refractivity contribution in [2.45, 2.75) is 13.0 Å². The predicted octanol–water partition coefficient (Wildman–Crippen LogP) is 4.04. The molecule has 3 rings (SSSR count). The van der Waals surface area contributed by atoms with Gasteiger partial charge in [0, 0.05) is 0 Å². The zero-order valence-electron chi connectivity index (χ0n) is 10.9. The van der Waals surface area contributed by atoms with Gasteiger partial charge in [-0.25, -0.2) is 0 Å². The number of rotatable bonds is 2. The summed E-state index contributed by atoms with van der Waals surface area (Å²) in [4.78, 5) is 0. The molecule has 1 aliphatic heterocycles. The molecule has 1 heterocycles. The minimum atomic E-state index is 0.197. The Morgan fingerprint density at radius 2 is 1.68 bits per heavy atom. The second kappa shape index (κ2) is 5.15. The van der Waals surface area contributed by atoms with E-state index in [1.54, 1.807) is 0 Å². The molecule has 0 fully saturated rings. The van der Waals surface area contributed by atoms with Crippen molar-refractivity contribution < 1.29 is 0 Å². The largest absolute Gasteiger partial charge is 0.373 e. The van der Waals surface area contributed by atoms with Crippen LogP contribution in [-0.2, 0) is 0 Å². The highest BCUT2D eigenvalue weighted by Crippen LogP contribution is 2.25. The van der Waals surface area contributed by atoms with Gasteiger partial charge in [-0.2, -0.15) is 0 Å². The number of nitrogens with one attached hydrogen (secondary N) is 1. The van der Waals surface area contributed by atoms with E-state index in [1.165, 1.54) is 22.3 Å². The van der Waals surface area contributed by atoms with Crippen molar-refractivity contribution in [1.29, 1.82) is 0 Å². The maximum Gasteiger partial charge on any atom is 0.0707 e. The van der Waals surface area contributed by atoms with Crippen molar-refractivity contribution in [3.63, 3.8) is 0 Å². The van der Waals surface area contributed by atoms with E-state index in [9.17, 15) is 0 Å². The normalized spacial score (nSPS) is 17.7. The van der Waals surface area contributed by atoms with Gasteiger partial charge in [-0.15, -0.1) is 0 Å². The summed E-state index contributed by atoms with van der Waals surface area (Å²) in [6.45, 7) is 2.11. The molecule has 1 unspecified atom stereocenters. The average Bonchev–Trinajstić information content (AvgIpc) is 2.49. The average molecular weight is 246 g/mol. The highest BCUT2D eigenvalue weighted by Gasteiger charge is 2.11. The fourth-order valence-corrected chi connectivity index (χ4v) is 2.24. The summed E-state index contributed by atoms with van der Waals surface area (Å²) in [5, 5.41) is 3.26. The Morgan fingerprint density at radius 3 is 2.42 bits per heavy atom. The molecule has 2 aromatic carbocycles. The maximum absolute atomic E-state index is 3.26. The number of dihydropyridines is 1. The minimum absolute atomic E-state index is 0.197. The molecule has 1 heteroatoms. The standard InChI is InChI=1S/C18H16N/c1-14-7-9-15(10-8-14)17-11-12-19-18(13-17)16-5-3-2-4-6-16/h2-11,13,18-19H,1H3. The third kappa shape index (κ3) is 2.60. The van der Waals surface area contributed by atoms with Crippen molar-refractivity contribution in [2.75, 3.05) is 0 Å². The molecule has 2 aromatic rings. The topological polar surface area (TPSA) is 12.0 Å². The first-order valence-electron chi connectivity index (χ1n) is 6.51. The molecule has 0 aliphatic carbocycles. The van der Waals surface area contributed by atoms with Crippen LogP contribution in [0.1, 0.15) is 22.7 Å². The lowest BCUT2D eigenvalue weighted by Gasteiger charge is -2.19. The van der Waals surface area contributed by atoms with Gasteiger partial charge in [0.25, 0.3) is 0 Å². The van der Waals surface area contributed by atoms with Crippen LogP contribution in [0.25, 0.3) is 5.57 Å². The summed E-state index contributed by atoms with van der Waals surface area (Å²) in [5.74, 6) is 0. The molecule has 0 aromatic heterocycles. The number of hydrogen-bond acceptors (Lipinski definition) is 1. The smallest absolute Gasteiger partial charge is 0.0707 e. The molecule has 0 amide bonds. The van der Waals surface area contributed by atoms with Gasteiger partial charge in [0.05, 0.1) is 12.2 Å². The zero-order chi connectivity index (χ0) is 13.1. The Labute approximate surface area is 114 Å². The Hall–Kier alpha value is -2.28. The van der Waals surface area contributed by atoms with E-state index >= 15 is 0 Å². The summed E-state index contributed by atoms with van der Waals surface area (Å²) in [6, 6.07) is 19.2. The SMILES string of the molecule is Cc1ccc(C2=CC(c3ccccc3)N[C]=C2)cc1. The zero-order valence-corrected chi connectivity index (χ0v) is 10.9. The van der Waals surface area contributed by atoms with E-state index in [1.807, 2.05) is 12.1 Å². The number of aryl methyl sites for hydroxylation is 1. The van der Waals surface area contributed by atoms with Gasteiger partial charge in [0.15, 0.2) is 0 Å². The van der Waals surface area contributed by atoms with Gasteiger partial charge in [0.1, 0.15) is 0 Å². The summed E-state index contributed by atoms with van der Waals surface area (Å²) >= 11 is 0. The lowest BCUT2D eigenvalue weighted by Crippen LogP contribution is -2.16. The second-order valence-electron chi connectivity index (χ2n) is 4.81. The maximum atomic E-state index is 3.26. The van der Waals surface area contributed by atoms with Gasteiger partial charge in [-0.05, 0) is 35.8 Å². The monoisotopic (exact) mass is 246 g/mol. The number of hydrogen-bond donors (Lipinski definition) is 1. The van der Waals surface area contributed by atoms with Crippen LogP contribution in [0.4, 0.5) is 0 Å². The molecule has 93 valence electrons. The third-order valence-electron chi connectivity index (χ3n) is 3.36. The summed E-state index contributed by atoms with van der Waals surface area (Å²) < 4.78 is 0. The van der Waals surface area contributed by atoms with E-state index in [2.05, 4.69) is 73.0 Å². The van der Waals surface area contributed by atoms with Crippen molar-refractivity contribution in [1.82, 2.24) is 5.32 Å². The molecule has 1 N–H and O–H groups in total. The summed E-state index contributed by atoms with van der Waals surface area (Å²) in [6.07, 6.45) is 7.40. The summed E-state index contributed by atoms with van der Waals surface area (Å²) in [7, 11) is 0. The van der Waals surface area contributed by atoms with Gasteiger partial charge in [-0.1, -0.05) is 60.2 Å². The molecule has 0 bridgehead atoms. The van der Waals surface area contributed by atoms with E-state index < -0.39 is 0 Å². The van der Waals surface area contributed by atoms with Gasteiger partial charge in [-0.3, -0.25) is 0 Å². The molecule has 0 saturated carbocycles. The van der Waals surface area contributed by atoms with Crippen molar-refractivity contribution in [3.8, 4) is 0 Å². The highest BCUT2D eigenvalue weighted by atomic mass is 14.9. The van der Waals surface area contributed by atoms with Crippen LogP contribution >= 0.6 is 0 Å². The quantitative estimate of drug-likeness (QED) is 0.843. The van der Waals surface area contributed by atoms with Crippen LogP contribution in [0.5, 0.6) is 0 Å². The van der Waals surface area contributed by atoms with Crippen LogP contribution in [0.2, 0.25) is 0 Å². The van der Waals surface area contributed by atoms with Crippen molar-refractivity contribution in [2.24, 2.45) is 0 Å². The molecule has 0 spiro atoms. The van der Waals surface area contributed by atoms with Gasteiger partial charge >= 0.3 is 0 Å². The molecule has 1 radical (unpaired) electrons. The van der Waals surface area contributed by atoms with Gasteiger partial charge in [0.2, 0.25) is 0 Å². The molecule has 1 nitrogen and oxygen atoms in total. The lowest BCUT2D eigenvalue weighted by atomic mass is 9.97. The first-order chi connectivity index (χ1) is 9.33. The lowest BCUT2D eigenvalue weighted by molar-refractivity contribution is 0.731. The van der Waals surface area contributed by atoms with Crippen LogP contribution in [-0.4, -0.2) is 0 Å². The Bertz CT molecular complexity index is 606. The Balaban J connectivity index is 1.92. The van der Waals surface area contributed by atoms with Crippen molar-refractivity contribution in [3.05, 3.63) is 89.6 Å². The van der Waals surface area contributed by atoms with Gasteiger partial charge < -0.3 is 5.32 Å². The molecular weight excluding hydrogens is 230 g/mol.